The zero-order chi connectivity index (χ0) is 45.7. The number of Topliss-reactive ketones (excluding diaryl/α,β-unsaturated/α-hetero) is 1. The quantitative estimate of drug-likeness (QED) is 0.0831. The molecule has 2 saturated heterocycles. The van der Waals surface area contributed by atoms with Crippen LogP contribution in [0.3, 0.4) is 0 Å². The number of carbonyl (C=O) groups excluding carboxylic acids is 3. The normalized spacial score (nSPS) is 15.0. The number of ether oxygens (including phenoxy) is 2. The highest BCUT2D eigenvalue weighted by atomic mass is 35.5. The molecule has 2 aliphatic heterocycles. The van der Waals surface area contributed by atoms with Gasteiger partial charge in [0.05, 0.1) is 40.3 Å². The standard InChI is InChI=1S/2C24H21ClFN3O3/c25-18-3-6-21(20(13-18)22-7-10-28-32-22)31-15-23(30)29-11-8-24(16-27,9-12-29)14-17-1-4-19(26)5-2-17;1-28-14-21(30)20-12-18(25)4-7-22(20)32-15-23(31)29-10-8-24(16-27,9-11-29)13-17-2-5-19(26)6-3-17/h1-7,10,13H,8-9,11-12,14-15H2;2-7,12H,8-11,13-15H2. The van der Waals surface area contributed by atoms with Crippen molar-refractivity contribution in [1.82, 2.24) is 15.0 Å². The van der Waals surface area contributed by atoms with Crippen LogP contribution in [0, 0.1) is 51.7 Å². The van der Waals surface area contributed by atoms with Crippen LogP contribution in [0.5, 0.6) is 11.5 Å². The van der Waals surface area contributed by atoms with E-state index in [0.717, 1.165) is 11.1 Å². The number of hydrogen-bond acceptors (Lipinski definition) is 9. The van der Waals surface area contributed by atoms with Crippen LogP contribution in [0.4, 0.5) is 8.78 Å². The van der Waals surface area contributed by atoms with Crippen LogP contribution in [-0.4, -0.2) is 78.5 Å². The highest BCUT2D eigenvalue weighted by Gasteiger charge is 2.38. The van der Waals surface area contributed by atoms with Gasteiger partial charge in [-0.2, -0.15) is 10.5 Å². The Bertz CT molecular complexity index is 2560. The van der Waals surface area contributed by atoms with Crippen molar-refractivity contribution in [3.8, 4) is 35.0 Å². The molecule has 12 nitrogen and oxygen atoms in total. The van der Waals surface area contributed by atoms with Crippen molar-refractivity contribution in [2.24, 2.45) is 10.8 Å². The first-order valence-electron chi connectivity index (χ1n) is 20.3. The SMILES string of the molecule is N#CC1(Cc2ccc(F)cc2)CCN(C(=O)COc2ccc(Cl)cc2-c2ccno2)CC1.[C-]#[N+]CC(=O)c1cc(Cl)ccc1OCC(=O)N1CCC(C#N)(Cc2ccc(F)cc2)CC1. The summed E-state index contributed by atoms with van der Waals surface area (Å²) in [4.78, 5) is 44.0. The van der Waals surface area contributed by atoms with E-state index in [0.29, 0.717) is 91.8 Å². The van der Waals surface area contributed by atoms with Gasteiger partial charge in [0.2, 0.25) is 5.78 Å². The highest BCUT2D eigenvalue weighted by molar-refractivity contribution is 6.31. The lowest BCUT2D eigenvalue weighted by Crippen LogP contribution is -2.45. The first-order chi connectivity index (χ1) is 30.8. The molecule has 328 valence electrons. The lowest BCUT2D eigenvalue weighted by atomic mass is 9.75. The number of carbonyl (C=O) groups is 3. The van der Waals surface area contributed by atoms with E-state index in [2.05, 4.69) is 22.1 Å². The average molecular weight is 908 g/mol. The number of rotatable bonds is 13. The van der Waals surface area contributed by atoms with E-state index < -0.39 is 16.6 Å². The van der Waals surface area contributed by atoms with Gasteiger partial charge >= 0.3 is 0 Å². The molecule has 7 rings (SSSR count). The minimum atomic E-state index is -0.606. The largest absolute Gasteiger partial charge is 0.483 e. The summed E-state index contributed by atoms with van der Waals surface area (Å²) in [6, 6.07) is 28.4. The van der Waals surface area contributed by atoms with Gasteiger partial charge in [-0.3, -0.25) is 14.4 Å². The molecule has 2 fully saturated rings. The smallest absolute Gasteiger partial charge is 0.276 e. The Labute approximate surface area is 379 Å². The third-order valence-electron chi connectivity index (χ3n) is 11.3. The van der Waals surface area contributed by atoms with Crippen molar-refractivity contribution in [3.63, 3.8) is 0 Å². The van der Waals surface area contributed by atoms with Crippen LogP contribution in [0.25, 0.3) is 16.2 Å². The summed E-state index contributed by atoms with van der Waals surface area (Å²) >= 11 is 12.0. The molecule has 0 bridgehead atoms. The van der Waals surface area contributed by atoms with Gasteiger partial charge < -0.3 is 28.6 Å². The van der Waals surface area contributed by atoms with Crippen molar-refractivity contribution in [1.29, 1.82) is 10.5 Å². The maximum Gasteiger partial charge on any atom is 0.276 e. The summed E-state index contributed by atoms with van der Waals surface area (Å²) in [5.41, 5.74) is 1.41. The van der Waals surface area contributed by atoms with Crippen LogP contribution in [-0.2, 0) is 22.4 Å². The van der Waals surface area contributed by atoms with Gasteiger partial charge in [0.15, 0.2) is 19.0 Å². The molecule has 16 heteroatoms. The lowest BCUT2D eigenvalue weighted by molar-refractivity contribution is -0.136. The Balaban J connectivity index is 0.000000213. The first-order valence-corrected chi connectivity index (χ1v) is 21.1. The zero-order valence-corrected chi connectivity index (χ0v) is 36.1. The Morgan fingerprint density at radius 3 is 1.64 bits per heavy atom. The van der Waals surface area contributed by atoms with Gasteiger partial charge in [0, 0.05) is 42.3 Å². The zero-order valence-electron chi connectivity index (χ0n) is 34.6. The third kappa shape index (κ3) is 12.2. The van der Waals surface area contributed by atoms with Gasteiger partial charge in [-0.15, -0.1) is 0 Å². The minimum absolute atomic E-state index is 0.139. The van der Waals surface area contributed by atoms with Gasteiger partial charge in [-0.05, 0) is 110 Å². The summed E-state index contributed by atoms with van der Waals surface area (Å²) in [5, 5.41) is 24.1. The monoisotopic (exact) mass is 906 g/mol. The number of benzene rings is 4. The van der Waals surface area contributed by atoms with Crippen molar-refractivity contribution < 1.29 is 37.2 Å². The van der Waals surface area contributed by atoms with Crippen molar-refractivity contribution in [2.45, 2.75) is 38.5 Å². The molecule has 2 aliphatic rings. The maximum absolute atomic E-state index is 13.2. The molecule has 0 aliphatic carbocycles. The second kappa shape index (κ2) is 21.5. The summed E-state index contributed by atoms with van der Waals surface area (Å²) < 4.78 is 42.9. The highest BCUT2D eigenvalue weighted by Crippen LogP contribution is 2.37. The Morgan fingerprint density at radius 2 is 1.19 bits per heavy atom. The molecule has 0 radical (unpaired) electrons. The van der Waals surface area contributed by atoms with Gasteiger partial charge in [-0.25, -0.2) is 15.4 Å². The van der Waals surface area contributed by atoms with E-state index >= 15 is 0 Å². The number of halogens is 4. The van der Waals surface area contributed by atoms with Crippen LogP contribution in [0.2, 0.25) is 10.0 Å². The first kappa shape index (κ1) is 46.7. The molecule has 0 atom stereocenters. The van der Waals surface area contributed by atoms with Gasteiger partial charge in [0.1, 0.15) is 23.1 Å². The molecule has 0 saturated carbocycles. The number of nitrogens with zero attached hydrogens (tertiary/aromatic N) is 6. The molecule has 4 aromatic carbocycles. The number of nitriles is 2. The predicted octanol–water partition coefficient (Wildman–Crippen LogP) is 9.22. The van der Waals surface area contributed by atoms with Crippen LogP contribution < -0.4 is 9.47 Å². The number of likely N-dealkylation sites (tertiary alicyclic amines) is 2. The maximum atomic E-state index is 13.2. The number of aromatic nitrogens is 1. The lowest BCUT2D eigenvalue weighted by Gasteiger charge is -2.37. The fraction of sp³-hybridized carbons (Fsp3) is 0.312. The van der Waals surface area contributed by atoms with Crippen LogP contribution in [0.1, 0.15) is 47.2 Å². The van der Waals surface area contributed by atoms with Crippen molar-refractivity contribution >= 4 is 40.8 Å². The topological polar surface area (TPSA) is 154 Å². The Hall–Kier alpha value is -6.79. The summed E-state index contributed by atoms with van der Waals surface area (Å²) in [6.07, 6.45) is 4.66. The third-order valence-corrected chi connectivity index (χ3v) is 11.8. The Morgan fingerprint density at radius 1 is 0.719 bits per heavy atom. The van der Waals surface area contributed by atoms with E-state index in [4.69, 9.17) is 43.8 Å². The fourth-order valence-electron chi connectivity index (χ4n) is 7.65. The second-order valence-electron chi connectivity index (χ2n) is 15.6. The molecule has 1 aromatic heterocycles. The van der Waals surface area contributed by atoms with Crippen LogP contribution >= 0.6 is 23.2 Å². The number of ketones is 1. The number of piperidine rings is 2. The molecule has 3 heterocycles. The predicted molar refractivity (Wildman–Crippen MR) is 233 cm³/mol. The minimum Gasteiger partial charge on any atom is -0.483 e. The van der Waals surface area contributed by atoms with Crippen molar-refractivity contribution in [2.75, 3.05) is 45.9 Å². The average Bonchev–Trinajstić information content (AvgIpc) is 3.86. The second-order valence-corrected chi connectivity index (χ2v) is 16.5. The molecule has 64 heavy (non-hydrogen) atoms. The van der Waals surface area contributed by atoms with E-state index in [1.807, 2.05) is 0 Å². The van der Waals surface area contributed by atoms with E-state index in [-0.39, 0.29) is 54.5 Å². The number of hydrogen-bond donors (Lipinski definition) is 0. The molecular formula is C48H42Cl2F2N6O6. The molecule has 2 amide bonds. The fourth-order valence-corrected chi connectivity index (χ4v) is 7.99. The van der Waals surface area contributed by atoms with E-state index in [9.17, 15) is 33.7 Å². The van der Waals surface area contributed by atoms with Crippen molar-refractivity contribution in [3.05, 3.63) is 147 Å². The van der Waals surface area contributed by atoms with E-state index in [1.54, 1.807) is 64.4 Å². The summed E-state index contributed by atoms with van der Waals surface area (Å²) in [7, 11) is 0. The summed E-state index contributed by atoms with van der Waals surface area (Å²) in [6.45, 7) is 7.87. The van der Waals surface area contributed by atoms with E-state index in [1.165, 1.54) is 42.6 Å². The molecule has 0 N–H and O–H groups in total. The molecule has 0 unspecified atom stereocenters. The molecule has 5 aromatic rings. The Kier molecular flexibility index (Phi) is 15.7. The van der Waals surface area contributed by atoms with Gasteiger partial charge in [-0.1, -0.05) is 52.6 Å². The molecular weight excluding hydrogens is 865 g/mol. The van der Waals surface area contributed by atoms with Crippen LogP contribution in [0.15, 0.2) is 102 Å². The number of amides is 2. The van der Waals surface area contributed by atoms with Gasteiger partial charge in [0.25, 0.3) is 18.4 Å². The summed E-state index contributed by atoms with van der Waals surface area (Å²) in [5.74, 6) is -0.286. The molecule has 0 spiro atoms.